The molecule has 0 aliphatic rings. The van der Waals surface area contributed by atoms with Gasteiger partial charge >= 0.3 is 82.8 Å². The molecular weight excluding hydrogens is 243 g/mol. The first-order chi connectivity index (χ1) is 5.68. The predicted octanol–water partition coefficient (Wildman–Crippen LogP) is 2.33. The third-order valence-corrected chi connectivity index (χ3v) is 4.39. The zero-order valence-corrected chi connectivity index (χ0v) is 10.3. The Kier molecular flexibility index (Phi) is 7.69. The molecule has 0 saturated carbocycles. The molecule has 0 bridgehead atoms. The summed E-state index contributed by atoms with van der Waals surface area (Å²) in [6, 6.07) is 0. The van der Waals surface area contributed by atoms with Crippen molar-refractivity contribution in [3.05, 3.63) is 0 Å². The van der Waals surface area contributed by atoms with Crippen molar-refractivity contribution in [1.29, 1.82) is 0 Å². The summed E-state index contributed by atoms with van der Waals surface area (Å²) >= 11 is 3.30. The number of halogens is 1. The van der Waals surface area contributed by atoms with Crippen molar-refractivity contribution in [3.63, 3.8) is 0 Å². The van der Waals surface area contributed by atoms with Gasteiger partial charge in [0.05, 0.1) is 0 Å². The van der Waals surface area contributed by atoms with Crippen LogP contribution in [0.2, 0.25) is 0 Å². The Balaban J connectivity index is 3.80. The molecule has 3 nitrogen and oxygen atoms in total. The second-order valence-corrected chi connectivity index (χ2v) is 5.67. The number of hydrogen-bond donors (Lipinski definition) is 1. The standard InChI is InChI=1S/C7H18BrO3P/c1-3-10-12(9,11-4-2)7-5-6-8/h9,12H,3-7H2,1-2H3. The van der Waals surface area contributed by atoms with Crippen molar-refractivity contribution in [3.8, 4) is 0 Å². The van der Waals surface area contributed by atoms with E-state index >= 15 is 0 Å². The molecule has 0 spiro atoms. The fourth-order valence-electron chi connectivity index (χ4n) is 0.927. The van der Waals surface area contributed by atoms with Crippen LogP contribution in [-0.4, -0.2) is 29.6 Å². The van der Waals surface area contributed by atoms with E-state index in [0.717, 1.165) is 11.8 Å². The zero-order valence-electron chi connectivity index (χ0n) is 7.68. The van der Waals surface area contributed by atoms with Gasteiger partial charge in [0.1, 0.15) is 0 Å². The van der Waals surface area contributed by atoms with Gasteiger partial charge in [-0.25, -0.2) is 0 Å². The van der Waals surface area contributed by atoms with Crippen molar-refractivity contribution in [2.45, 2.75) is 20.3 Å². The molecule has 0 heterocycles. The maximum atomic E-state index is 9.82. The van der Waals surface area contributed by atoms with Crippen LogP contribution in [0.25, 0.3) is 0 Å². The van der Waals surface area contributed by atoms with Gasteiger partial charge in [0, 0.05) is 0 Å². The molecule has 1 N–H and O–H groups in total. The maximum absolute atomic E-state index is 9.82. The van der Waals surface area contributed by atoms with Gasteiger partial charge < -0.3 is 0 Å². The molecule has 0 saturated heterocycles. The van der Waals surface area contributed by atoms with Crippen LogP contribution in [0.3, 0.4) is 0 Å². The summed E-state index contributed by atoms with van der Waals surface area (Å²) in [6.45, 7) is 4.77. The summed E-state index contributed by atoms with van der Waals surface area (Å²) in [7, 11) is -2.80. The Morgan fingerprint density at radius 3 is 2.08 bits per heavy atom. The van der Waals surface area contributed by atoms with Gasteiger partial charge in [-0.3, -0.25) is 0 Å². The zero-order chi connectivity index (χ0) is 9.45. The first-order valence-corrected chi connectivity index (χ1v) is 7.34. The normalized spacial score (nSPS) is 13.3. The summed E-state index contributed by atoms with van der Waals surface area (Å²) in [6.07, 6.45) is 1.53. The molecule has 0 aromatic carbocycles. The molecule has 0 aromatic heterocycles. The van der Waals surface area contributed by atoms with Crippen molar-refractivity contribution >= 4 is 23.9 Å². The van der Waals surface area contributed by atoms with Gasteiger partial charge in [0.2, 0.25) is 0 Å². The molecule has 0 amide bonds. The van der Waals surface area contributed by atoms with Gasteiger partial charge in [-0.1, -0.05) is 0 Å². The van der Waals surface area contributed by atoms with Crippen LogP contribution in [0.15, 0.2) is 0 Å². The number of hydrogen-bond acceptors (Lipinski definition) is 3. The third-order valence-electron chi connectivity index (χ3n) is 1.37. The molecule has 0 aliphatic carbocycles. The molecule has 12 heavy (non-hydrogen) atoms. The molecule has 0 unspecified atom stereocenters. The SMILES string of the molecule is CCO[PH](O)(CCCBr)OCC. The van der Waals surface area contributed by atoms with Crippen LogP contribution in [-0.2, 0) is 9.05 Å². The van der Waals surface area contributed by atoms with E-state index in [4.69, 9.17) is 9.05 Å². The molecule has 5 heteroatoms. The van der Waals surface area contributed by atoms with Crippen molar-refractivity contribution in [2.75, 3.05) is 24.7 Å². The Morgan fingerprint density at radius 1 is 1.25 bits per heavy atom. The quantitative estimate of drug-likeness (QED) is 0.564. The van der Waals surface area contributed by atoms with Crippen LogP contribution in [0.1, 0.15) is 20.3 Å². The van der Waals surface area contributed by atoms with Gasteiger partial charge in [-0.2, -0.15) is 0 Å². The van der Waals surface area contributed by atoms with E-state index in [1.54, 1.807) is 0 Å². The Bertz CT molecular complexity index is 107. The molecule has 0 aliphatic heterocycles. The Labute approximate surface area is 83.2 Å². The van der Waals surface area contributed by atoms with Crippen LogP contribution in [0, 0.1) is 0 Å². The monoisotopic (exact) mass is 260 g/mol. The van der Waals surface area contributed by atoms with Crippen LogP contribution < -0.4 is 0 Å². The van der Waals surface area contributed by atoms with E-state index in [1.807, 2.05) is 13.8 Å². The van der Waals surface area contributed by atoms with Gasteiger partial charge in [-0.15, -0.1) is 0 Å². The topological polar surface area (TPSA) is 38.7 Å². The fraction of sp³-hybridized carbons (Fsp3) is 1.00. The molecule has 0 fully saturated rings. The van der Waals surface area contributed by atoms with Gasteiger partial charge in [0.15, 0.2) is 0 Å². The first-order valence-electron chi connectivity index (χ1n) is 4.24. The van der Waals surface area contributed by atoms with Gasteiger partial charge in [0.25, 0.3) is 0 Å². The summed E-state index contributed by atoms with van der Waals surface area (Å²) in [5.41, 5.74) is 0. The average Bonchev–Trinajstić information content (AvgIpc) is 2.02. The van der Waals surface area contributed by atoms with Crippen LogP contribution >= 0.6 is 23.9 Å². The minimum absolute atomic E-state index is 0.519. The summed E-state index contributed by atoms with van der Waals surface area (Å²) < 4.78 is 10.4. The van der Waals surface area contributed by atoms with E-state index in [1.165, 1.54) is 0 Å². The Morgan fingerprint density at radius 2 is 1.75 bits per heavy atom. The molecule has 0 atom stereocenters. The number of rotatable bonds is 7. The predicted molar refractivity (Wildman–Crippen MR) is 57.1 cm³/mol. The van der Waals surface area contributed by atoms with Crippen molar-refractivity contribution < 1.29 is 13.9 Å². The van der Waals surface area contributed by atoms with E-state index < -0.39 is 7.94 Å². The van der Waals surface area contributed by atoms with Crippen molar-refractivity contribution in [2.24, 2.45) is 0 Å². The molecule has 0 rings (SSSR count). The fourth-order valence-corrected chi connectivity index (χ4v) is 3.62. The average molecular weight is 261 g/mol. The number of alkyl halides is 1. The first kappa shape index (κ1) is 12.8. The van der Waals surface area contributed by atoms with Crippen LogP contribution in [0.4, 0.5) is 0 Å². The summed E-state index contributed by atoms with van der Waals surface area (Å²) in [4.78, 5) is 9.82. The molecule has 0 aromatic rings. The van der Waals surface area contributed by atoms with E-state index in [2.05, 4.69) is 15.9 Å². The molecule has 0 radical (unpaired) electrons. The minimum atomic E-state index is -2.80. The second kappa shape index (κ2) is 7.22. The Hall–Kier alpha value is 0.790. The molecule has 76 valence electrons. The summed E-state index contributed by atoms with van der Waals surface area (Å²) in [5.74, 6) is 0. The van der Waals surface area contributed by atoms with E-state index in [-0.39, 0.29) is 0 Å². The molecular formula is C7H18BrO3P. The van der Waals surface area contributed by atoms with Crippen molar-refractivity contribution in [1.82, 2.24) is 0 Å². The van der Waals surface area contributed by atoms with E-state index in [9.17, 15) is 4.89 Å². The van der Waals surface area contributed by atoms with E-state index in [0.29, 0.717) is 19.4 Å². The second-order valence-electron chi connectivity index (χ2n) is 2.37. The summed E-state index contributed by atoms with van der Waals surface area (Å²) in [5, 5.41) is 0.877. The van der Waals surface area contributed by atoms with Crippen LogP contribution in [0.5, 0.6) is 0 Å². The van der Waals surface area contributed by atoms with Gasteiger partial charge in [-0.05, 0) is 0 Å². The third kappa shape index (κ3) is 5.44.